The number of urea groups is 1. The molecule has 3 atom stereocenters. The van der Waals surface area contributed by atoms with Crippen LogP contribution in [0.5, 0.6) is 0 Å². The van der Waals surface area contributed by atoms with Gasteiger partial charge in [0.15, 0.2) is 0 Å². The van der Waals surface area contributed by atoms with E-state index in [9.17, 15) is 18.8 Å². The van der Waals surface area contributed by atoms with Crippen molar-refractivity contribution in [3.8, 4) is 0 Å². The SMILES string of the molecule is CC1CC(C)CN(C(C)(C)CNC(=O)CN2C(=O)NC(C)(c3ccc(F)cc3)C2=O)C1. The largest absolute Gasteiger partial charge is 0.353 e. The summed E-state index contributed by atoms with van der Waals surface area (Å²) in [4.78, 5) is 41.3. The number of carbonyl (C=O) groups excluding carboxylic acids is 3. The Hall–Kier alpha value is -2.48. The van der Waals surface area contributed by atoms with Gasteiger partial charge in [-0.3, -0.25) is 19.4 Å². The average Bonchev–Trinajstić information content (AvgIpc) is 2.90. The molecular formula is C23H33FN4O3. The third kappa shape index (κ3) is 4.89. The van der Waals surface area contributed by atoms with E-state index in [0.717, 1.165) is 18.0 Å². The Kier molecular flexibility index (Phi) is 6.41. The normalized spacial score (nSPS) is 27.4. The van der Waals surface area contributed by atoms with E-state index in [2.05, 4.69) is 43.2 Å². The topological polar surface area (TPSA) is 81.8 Å². The van der Waals surface area contributed by atoms with Crippen molar-refractivity contribution in [3.05, 3.63) is 35.6 Å². The molecule has 2 aliphatic rings. The van der Waals surface area contributed by atoms with Crippen molar-refractivity contribution < 1.29 is 18.8 Å². The van der Waals surface area contributed by atoms with Crippen molar-refractivity contribution in [3.63, 3.8) is 0 Å². The van der Waals surface area contributed by atoms with Crippen molar-refractivity contribution in [2.24, 2.45) is 11.8 Å². The standard InChI is InChI=1S/C23H33FN4O3/c1-15-10-16(2)12-27(11-15)22(3,4)14-25-19(29)13-28-20(30)23(5,26-21(28)31)17-6-8-18(24)9-7-17/h6-9,15-16H,10-14H2,1-5H3,(H,25,29)(H,26,31). The molecule has 2 N–H and O–H groups in total. The van der Waals surface area contributed by atoms with Crippen LogP contribution in [-0.4, -0.2) is 59.4 Å². The number of rotatable bonds is 6. The maximum Gasteiger partial charge on any atom is 0.325 e. The van der Waals surface area contributed by atoms with Crippen molar-refractivity contribution >= 4 is 17.8 Å². The van der Waals surface area contributed by atoms with E-state index in [1.807, 2.05) is 0 Å². The summed E-state index contributed by atoms with van der Waals surface area (Å²) in [7, 11) is 0. The molecule has 4 amide bonds. The monoisotopic (exact) mass is 432 g/mol. The molecule has 0 spiro atoms. The number of carbonyl (C=O) groups is 3. The molecule has 2 fully saturated rings. The minimum Gasteiger partial charge on any atom is -0.353 e. The molecule has 2 aliphatic heterocycles. The molecule has 1 aromatic rings. The summed E-state index contributed by atoms with van der Waals surface area (Å²) in [6.45, 7) is 12.3. The summed E-state index contributed by atoms with van der Waals surface area (Å²) in [5.74, 6) is -0.140. The first-order valence-corrected chi connectivity index (χ1v) is 10.8. The molecule has 0 radical (unpaired) electrons. The van der Waals surface area contributed by atoms with Crippen LogP contribution in [0, 0.1) is 17.7 Å². The quantitative estimate of drug-likeness (QED) is 0.677. The lowest BCUT2D eigenvalue weighted by Crippen LogP contribution is -2.56. The minimum atomic E-state index is -1.33. The van der Waals surface area contributed by atoms with E-state index in [1.165, 1.54) is 30.7 Å². The highest BCUT2D eigenvalue weighted by molar-refractivity contribution is 6.09. The highest BCUT2D eigenvalue weighted by atomic mass is 19.1. The molecule has 7 nitrogen and oxygen atoms in total. The van der Waals surface area contributed by atoms with Crippen LogP contribution in [0.4, 0.5) is 9.18 Å². The van der Waals surface area contributed by atoms with Crippen LogP contribution in [0.15, 0.2) is 24.3 Å². The first kappa shape index (κ1) is 23.2. The van der Waals surface area contributed by atoms with Gasteiger partial charge >= 0.3 is 6.03 Å². The summed E-state index contributed by atoms with van der Waals surface area (Å²) >= 11 is 0. The third-order valence-corrected chi connectivity index (χ3v) is 6.44. The molecule has 8 heteroatoms. The first-order valence-electron chi connectivity index (χ1n) is 10.8. The lowest BCUT2D eigenvalue weighted by atomic mass is 9.88. The molecule has 0 aromatic heterocycles. The van der Waals surface area contributed by atoms with E-state index in [-0.39, 0.29) is 12.1 Å². The lowest BCUT2D eigenvalue weighted by molar-refractivity contribution is -0.135. The van der Waals surface area contributed by atoms with Crippen LogP contribution >= 0.6 is 0 Å². The van der Waals surface area contributed by atoms with E-state index in [0.29, 0.717) is 23.9 Å². The summed E-state index contributed by atoms with van der Waals surface area (Å²) < 4.78 is 13.2. The summed E-state index contributed by atoms with van der Waals surface area (Å²) in [5.41, 5.74) is -1.10. The van der Waals surface area contributed by atoms with Gasteiger partial charge in [-0.2, -0.15) is 0 Å². The maximum absolute atomic E-state index is 13.2. The fraction of sp³-hybridized carbons (Fsp3) is 0.609. The van der Waals surface area contributed by atoms with Gasteiger partial charge in [-0.15, -0.1) is 0 Å². The van der Waals surface area contributed by atoms with Gasteiger partial charge < -0.3 is 10.6 Å². The van der Waals surface area contributed by atoms with E-state index in [4.69, 9.17) is 0 Å². The average molecular weight is 433 g/mol. The molecule has 0 aliphatic carbocycles. The third-order valence-electron chi connectivity index (χ3n) is 6.44. The Bertz CT molecular complexity index is 847. The molecule has 2 saturated heterocycles. The zero-order valence-corrected chi connectivity index (χ0v) is 19.0. The smallest absolute Gasteiger partial charge is 0.325 e. The summed E-state index contributed by atoms with van der Waals surface area (Å²) in [6.07, 6.45) is 1.21. The van der Waals surface area contributed by atoms with Crippen molar-refractivity contribution in [2.75, 3.05) is 26.2 Å². The van der Waals surface area contributed by atoms with E-state index < -0.39 is 29.2 Å². The summed E-state index contributed by atoms with van der Waals surface area (Å²) in [5, 5.41) is 5.52. The number of hydrogen-bond donors (Lipinski definition) is 2. The number of benzene rings is 1. The van der Waals surface area contributed by atoms with Crippen LogP contribution in [0.2, 0.25) is 0 Å². The van der Waals surface area contributed by atoms with Crippen molar-refractivity contribution in [1.82, 2.24) is 20.4 Å². The molecule has 170 valence electrons. The molecule has 2 heterocycles. The number of imide groups is 1. The molecule has 3 unspecified atom stereocenters. The molecule has 3 rings (SSSR count). The second kappa shape index (κ2) is 8.57. The highest BCUT2D eigenvalue weighted by Crippen LogP contribution is 2.29. The molecular weight excluding hydrogens is 399 g/mol. The van der Waals surface area contributed by atoms with Crippen LogP contribution in [0.1, 0.15) is 46.6 Å². The van der Waals surface area contributed by atoms with Crippen LogP contribution in [0.3, 0.4) is 0 Å². The zero-order valence-electron chi connectivity index (χ0n) is 19.0. The predicted molar refractivity (Wildman–Crippen MR) is 116 cm³/mol. The fourth-order valence-electron chi connectivity index (χ4n) is 4.60. The zero-order chi connectivity index (χ0) is 23.0. The number of halogens is 1. The van der Waals surface area contributed by atoms with Crippen LogP contribution in [0.25, 0.3) is 0 Å². The molecule has 1 aromatic carbocycles. The van der Waals surface area contributed by atoms with Gasteiger partial charge in [-0.25, -0.2) is 9.18 Å². The maximum atomic E-state index is 13.2. The van der Waals surface area contributed by atoms with E-state index >= 15 is 0 Å². The number of hydrogen-bond acceptors (Lipinski definition) is 4. The number of nitrogens with one attached hydrogen (secondary N) is 2. The van der Waals surface area contributed by atoms with Crippen LogP contribution < -0.4 is 10.6 Å². The molecule has 31 heavy (non-hydrogen) atoms. The number of nitrogens with zero attached hydrogens (tertiary/aromatic N) is 2. The van der Waals surface area contributed by atoms with E-state index in [1.54, 1.807) is 6.92 Å². The van der Waals surface area contributed by atoms with Gasteiger partial charge in [-0.05, 0) is 56.7 Å². The molecule has 0 bridgehead atoms. The number of amides is 4. The minimum absolute atomic E-state index is 0.238. The van der Waals surface area contributed by atoms with Gasteiger partial charge in [0, 0.05) is 25.2 Å². The van der Waals surface area contributed by atoms with Crippen LogP contribution in [-0.2, 0) is 15.1 Å². The van der Waals surface area contributed by atoms with Gasteiger partial charge in [0.2, 0.25) is 5.91 Å². The number of likely N-dealkylation sites (tertiary alicyclic amines) is 1. The Morgan fingerprint density at radius 2 is 1.77 bits per heavy atom. The highest BCUT2D eigenvalue weighted by Gasteiger charge is 2.49. The fourth-order valence-corrected chi connectivity index (χ4v) is 4.60. The second-order valence-electron chi connectivity index (χ2n) is 9.89. The number of piperidine rings is 1. The molecule has 0 saturated carbocycles. The van der Waals surface area contributed by atoms with Gasteiger partial charge in [0.1, 0.15) is 17.9 Å². The first-order chi connectivity index (χ1) is 14.4. The Morgan fingerprint density at radius 3 is 2.35 bits per heavy atom. The predicted octanol–water partition coefficient (Wildman–Crippen LogP) is 2.47. The Labute approximate surface area is 183 Å². The van der Waals surface area contributed by atoms with Gasteiger partial charge in [0.05, 0.1) is 0 Å². The van der Waals surface area contributed by atoms with Gasteiger partial charge in [0.25, 0.3) is 5.91 Å². The van der Waals surface area contributed by atoms with Gasteiger partial charge in [-0.1, -0.05) is 26.0 Å². The Morgan fingerprint density at radius 1 is 1.19 bits per heavy atom. The van der Waals surface area contributed by atoms with Crippen molar-refractivity contribution in [2.45, 2.75) is 52.1 Å². The Balaban J connectivity index is 1.60. The van der Waals surface area contributed by atoms with Crippen molar-refractivity contribution in [1.29, 1.82) is 0 Å². The lowest BCUT2D eigenvalue weighted by Gasteiger charge is -2.45. The second-order valence-corrected chi connectivity index (χ2v) is 9.89. The summed E-state index contributed by atoms with van der Waals surface area (Å²) in [6, 6.07) is 4.75.